The maximum absolute atomic E-state index is 13.4. The number of halogens is 2. The summed E-state index contributed by atoms with van der Waals surface area (Å²) < 4.78 is 26.1. The Morgan fingerprint density at radius 3 is 2.71 bits per heavy atom. The molecule has 88 valence electrons. The van der Waals surface area contributed by atoms with Crippen molar-refractivity contribution >= 4 is 0 Å². The van der Waals surface area contributed by atoms with Gasteiger partial charge in [0.15, 0.2) is 0 Å². The molecule has 2 aromatic rings. The van der Waals surface area contributed by atoms with Crippen LogP contribution in [-0.2, 0) is 6.42 Å². The van der Waals surface area contributed by atoms with Gasteiger partial charge in [0.05, 0.1) is 11.7 Å². The quantitative estimate of drug-likeness (QED) is 0.885. The van der Waals surface area contributed by atoms with Crippen molar-refractivity contribution in [1.82, 2.24) is 9.97 Å². The Labute approximate surface area is 97.3 Å². The minimum absolute atomic E-state index is 0.255. The second kappa shape index (κ2) is 4.97. The lowest BCUT2D eigenvalue weighted by atomic mass is 10.0. The molecule has 0 spiro atoms. The molecule has 1 unspecified atom stereocenters. The fourth-order valence-electron chi connectivity index (χ4n) is 1.53. The molecule has 2 N–H and O–H groups in total. The molecule has 0 aliphatic rings. The summed E-state index contributed by atoms with van der Waals surface area (Å²) in [5.41, 5.74) is 6.82. The van der Waals surface area contributed by atoms with E-state index in [9.17, 15) is 8.78 Å². The van der Waals surface area contributed by atoms with Crippen LogP contribution in [0.4, 0.5) is 8.78 Å². The van der Waals surface area contributed by atoms with Crippen molar-refractivity contribution in [3.8, 4) is 0 Å². The van der Waals surface area contributed by atoms with Gasteiger partial charge in [-0.25, -0.2) is 8.78 Å². The van der Waals surface area contributed by atoms with Gasteiger partial charge in [0.25, 0.3) is 0 Å². The third-order valence-corrected chi connectivity index (χ3v) is 2.42. The predicted molar refractivity (Wildman–Crippen MR) is 59.0 cm³/mol. The minimum Gasteiger partial charge on any atom is -0.322 e. The third-order valence-electron chi connectivity index (χ3n) is 2.42. The van der Waals surface area contributed by atoms with Crippen molar-refractivity contribution in [2.24, 2.45) is 5.73 Å². The first-order valence-corrected chi connectivity index (χ1v) is 5.12. The molecule has 0 fully saturated rings. The lowest BCUT2D eigenvalue weighted by Crippen LogP contribution is -2.15. The van der Waals surface area contributed by atoms with Gasteiger partial charge in [-0.2, -0.15) is 0 Å². The van der Waals surface area contributed by atoms with Crippen molar-refractivity contribution in [3.63, 3.8) is 0 Å². The molecule has 0 bridgehead atoms. The first kappa shape index (κ1) is 11.6. The van der Waals surface area contributed by atoms with Crippen LogP contribution in [0.1, 0.15) is 17.3 Å². The van der Waals surface area contributed by atoms with Crippen molar-refractivity contribution < 1.29 is 8.78 Å². The third kappa shape index (κ3) is 2.82. The fraction of sp³-hybridized carbons (Fsp3) is 0.167. The molecule has 0 radical (unpaired) electrons. The predicted octanol–water partition coefficient (Wildman–Crippen LogP) is 2.00. The second-order valence-electron chi connectivity index (χ2n) is 3.68. The summed E-state index contributed by atoms with van der Waals surface area (Å²) in [7, 11) is 0. The molecular weight excluding hydrogens is 224 g/mol. The summed E-state index contributed by atoms with van der Waals surface area (Å²) >= 11 is 0. The average Bonchev–Trinajstić information content (AvgIpc) is 2.34. The summed E-state index contributed by atoms with van der Waals surface area (Å²) in [6, 6.07) is 2.99. The topological polar surface area (TPSA) is 51.8 Å². The molecule has 1 heterocycles. The van der Waals surface area contributed by atoms with Crippen LogP contribution in [-0.4, -0.2) is 9.97 Å². The molecule has 1 atom stereocenters. The van der Waals surface area contributed by atoms with Gasteiger partial charge in [-0.3, -0.25) is 9.97 Å². The molecule has 0 aliphatic heterocycles. The molecule has 0 aliphatic carbocycles. The lowest BCUT2D eigenvalue weighted by molar-refractivity contribution is 0.561. The molecular formula is C12H11F2N3. The highest BCUT2D eigenvalue weighted by Crippen LogP contribution is 2.16. The fourth-order valence-corrected chi connectivity index (χ4v) is 1.53. The van der Waals surface area contributed by atoms with Crippen molar-refractivity contribution in [1.29, 1.82) is 0 Å². The van der Waals surface area contributed by atoms with E-state index in [1.807, 2.05) is 0 Å². The first-order valence-electron chi connectivity index (χ1n) is 5.12. The van der Waals surface area contributed by atoms with Crippen LogP contribution in [0.3, 0.4) is 0 Å². The number of rotatable bonds is 3. The normalized spacial score (nSPS) is 12.4. The SMILES string of the molecule is NC(Cc1ccc(F)cc1F)c1cnccn1. The molecule has 1 aromatic carbocycles. The maximum atomic E-state index is 13.4. The van der Waals surface area contributed by atoms with E-state index in [1.54, 1.807) is 0 Å². The first-order chi connectivity index (χ1) is 8.16. The number of nitrogens with zero attached hydrogens (tertiary/aromatic N) is 2. The highest BCUT2D eigenvalue weighted by Gasteiger charge is 2.12. The van der Waals surface area contributed by atoms with Crippen LogP contribution in [0.2, 0.25) is 0 Å². The summed E-state index contributed by atoms with van der Waals surface area (Å²) in [6.07, 6.45) is 4.85. The van der Waals surface area contributed by atoms with E-state index < -0.39 is 17.7 Å². The zero-order chi connectivity index (χ0) is 12.3. The summed E-state index contributed by atoms with van der Waals surface area (Å²) in [5.74, 6) is -1.19. The Kier molecular flexibility index (Phi) is 3.39. The highest BCUT2D eigenvalue weighted by atomic mass is 19.1. The van der Waals surface area contributed by atoms with Crippen molar-refractivity contribution in [3.05, 3.63) is 59.7 Å². The van der Waals surface area contributed by atoms with Gasteiger partial charge >= 0.3 is 0 Å². The lowest BCUT2D eigenvalue weighted by Gasteiger charge is -2.11. The van der Waals surface area contributed by atoms with Gasteiger partial charge in [0.1, 0.15) is 11.6 Å². The number of aromatic nitrogens is 2. The van der Waals surface area contributed by atoms with Gasteiger partial charge in [-0.05, 0) is 18.1 Å². The number of benzene rings is 1. The molecule has 0 saturated heterocycles. The van der Waals surface area contributed by atoms with Gasteiger partial charge in [0, 0.05) is 24.7 Å². The number of hydrogen-bond donors (Lipinski definition) is 1. The highest BCUT2D eigenvalue weighted by molar-refractivity contribution is 5.21. The maximum Gasteiger partial charge on any atom is 0.129 e. The zero-order valence-electron chi connectivity index (χ0n) is 8.98. The molecule has 0 saturated carbocycles. The van der Waals surface area contributed by atoms with Gasteiger partial charge in [-0.1, -0.05) is 6.07 Å². The molecule has 3 nitrogen and oxygen atoms in total. The van der Waals surface area contributed by atoms with E-state index in [0.717, 1.165) is 6.07 Å². The Balaban J connectivity index is 2.16. The monoisotopic (exact) mass is 235 g/mol. The molecule has 5 heteroatoms. The van der Waals surface area contributed by atoms with Crippen molar-refractivity contribution in [2.45, 2.75) is 12.5 Å². The summed E-state index contributed by atoms with van der Waals surface area (Å²) in [6.45, 7) is 0. The van der Waals surface area contributed by atoms with E-state index >= 15 is 0 Å². The number of nitrogens with two attached hydrogens (primary N) is 1. The average molecular weight is 235 g/mol. The van der Waals surface area contributed by atoms with Gasteiger partial charge in [-0.15, -0.1) is 0 Å². The van der Waals surface area contributed by atoms with Crippen LogP contribution in [0, 0.1) is 11.6 Å². The molecule has 17 heavy (non-hydrogen) atoms. The second-order valence-corrected chi connectivity index (χ2v) is 3.68. The van der Waals surface area contributed by atoms with Crippen LogP contribution in [0.15, 0.2) is 36.8 Å². The van der Waals surface area contributed by atoms with Crippen molar-refractivity contribution in [2.75, 3.05) is 0 Å². The molecule has 2 rings (SSSR count). The molecule has 1 aromatic heterocycles. The van der Waals surface area contributed by atoms with Crippen LogP contribution >= 0.6 is 0 Å². The van der Waals surface area contributed by atoms with E-state index in [1.165, 1.54) is 30.7 Å². The number of hydrogen-bond acceptors (Lipinski definition) is 3. The van der Waals surface area contributed by atoms with Crippen LogP contribution in [0.25, 0.3) is 0 Å². The molecule has 0 amide bonds. The van der Waals surface area contributed by atoms with E-state index in [0.29, 0.717) is 11.3 Å². The minimum atomic E-state index is -0.598. The van der Waals surface area contributed by atoms with Crippen LogP contribution < -0.4 is 5.73 Å². The Bertz CT molecular complexity index is 502. The van der Waals surface area contributed by atoms with Crippen LogP contribution in [0.5, 0.6) is 0 Å². The van der Waals surface area contributed by atoms with E-state index in [2.05, 4.69) is 9.97 Å². The standard InChI is InChI=1S/C12H11F2N3/c13-9-2-1-8(10(14)6-9)5-11(15)12-7-16-3-4-17-12/h1-4,6-7,11H,5,15H2. The van der Waals surface area contributed by atoms with E-state index in [4.69, 9.17) is 5.73 Å². The zero-order valence-corrected chi connectivity index (χ0v) is 8.98. The summed E-state index contributed by atoms with van der Waals surface area (Å²) in [5, 5.41) is 0. The van der Waals surface area contributed by atoms with E-state index in [-0.39, 0.29) is 6.42 Å². The van der Waals surface area contributed by atoms with Gasteiger partial charge < -0.3 is 5.73 Å². The Morgan fingerprint density at radius 2 is 2.06 bits per heavy atom. The largest absolute Gasteiger partial charge is 0.322 e. The van der Waals surface area contributed by atoms with Gasteiger partial charge in [0.2, 0.25) is 0 Å². The smallest absolute Gasteiger partial charge is 0.129 e. The Morgan fingerprint density at radius 1 is 1.24 bits per heavy atom. The summed E-state index contributed by atoms with van der Waals surface area (Å²) in [4.78, 5) is 7.93. The Hall–Kier alpha value is -1.88.